The minimum Gasteiger partial charge on any atom is -0.490 e. The van der Waals surface area contributed by atoms with Crippen molar-refractivity contribution in [3.63, 3.8) is 0 Å². The zero-order chi connectivity index (χ0) is 24.2. The molecule has 0 saturated carbocycles. The Morgan fingerprint density at radius 3 is 2.55 bits per heavy atom. The minimum atomic E-state index is -5.87. The standard InChI is InChI=1S/C21H21ClF5N3O3/c22-18-15(4-3-7-28-18)19(32)29-13-5-6-16(20(23,24)21(25,26)27)17(10-13)33-12-14(31)11-30-8-1-2-9-30/h3-7,10,14,31H,1-2,8-9,11-12H2,(H,29,32). The minimum absolute atomic E-state index is 0.0210. The molecule has 180 valence electrons. The van der Waals surface area contributed by atoms with Crippen LogP contribution in [-0.2, 0) is 5.92 Å². The van der Waals surface area contributed by atoms with Gasteiger partial charge in [0, 0.05) is 24.5 Å². The van der Waals surface area contributed by atoms with Crippen molar-refractivity contribution >= 4 is 23.2 Å². The highest BCUT2D eigenvalue weighted by atomic mass is 35.5. The molecule has 2 aromatic rings. The van der Waals surface area contributed by atoms with Crippen LogP contribution in [0, 0.1) is 0 Å². The number of ether oxygens (including phenoxy) is 1. The number of anilines is 1. The number of rotatable bonds is 8. The number of hydrogen-bond donors (Lipinski definition) is 2. The summed E-state index contributed by atoms with van der Waals surface area (Å²) in [5, 5.41) is 12.4. The normalized spacial score (nSPS) is 16.0. The summed E-state index contributed by atoms with van der Waals surface area (Å²) < 4.78 is 72.4. The van der Waals surface area contributed by atoms with Crippen LogP contribution in [0.1, 0.15) is 28.8 Å². The third-order valence-electron chi connectivity index (χ3n) is 5.04. The molecule has 1 aromatic heterocycles. The molecule has 0 spiro atoms. The SMILES string of the molecule is O=C(Nc1ccc(C(F)(F)C(F)(F)F)c(OCC(O)CN2CCCC2)c1)c1cccnc1Cl. The number of amides is 1. The molecule has 1 aliphatic rings. The van der Waals surface area contributed by atoms with E-state index in [4.69, 9.17) is 16.3 Å². The number of aliphatic hydroxyl groups excluding tert-OH is 1. The molecule has 1 saturated heterocycles. The average molecular weight is 494 g/mol. The third kappa shape index (κ3) is 6.10. The molecule has 2 heterocycles. The topological polar surface area (TPSA) is 74.7 Å². The summed E-state index contributed by atoms with van der Waals surface area (Å²) in [6.45, 7) is 1.20. The van der Waals surface area contributed by atoms with Gasteiger partial charge in [-0.1, -0.05) is 11.6 Å². The summed E-state index contributed by atoms with van der Waals surface area (Å²) in [5.41, 5.74) is -1.56. The number of aromatic nitrogens is 1. The lowest BCUT2D eigenvalue weighted by molar-refractivity contribution is -0.289. The summed E-state index contributed by atoms with van der Waals surface area (Å²) >= 11 is 5.85. The van der Waals surface area contributed by atoms with Gasteiger partial charge in [0.2, 0.25) is 0 Å². The van der Waals surface area contributed by atoms with Gasteiger partial charge in [-0.25, -0.2) is 4.98 Å². The average Bonchev–Trinajstić information content (AvgIpc) is 3.24. The van der Waals surface area contributed by atoms with Crippen molar-refractivity contribution in [3.8, 4) is 5.75 Å². The molecular formula is C21H21ClF5N3O3. The number of halogens is 6. The smallest absolute Gasteiger partial charge is 0.458 e. The van der Waals surface area contributed by atoms with E-state index in [0.29, 0.717) is 6.07 Å². The van der Waals surface area contributed by atoms with Crippen molar-refractivity contribution in [1.82, 2.24) is 9.88 Å². The fourth-order valence-electron chi connectivity index (χ4n) is 3.39. The summed E-state index contributed by atoms with van der Waals surface area (Å²) in [6, 6.07) is 5.08. The van der Waals surface area contributed by atoms with Gasteiger partial charge >= 0.3 is 12.1 Å². The number of β-amino-alcohol motifs (C(OH)–C–C–N with tert-alkyl or cyclic N) is 1. The maximum atomic E-state index is 14.1. The van der Waals surface area contributed by atoms with Crippen LogP contribution in [0.15, 0.2) is 36.5 Å². The highest BCUT2D eigenvalue weighted by Gasteiger charge is 2.60. The van der Waals surface area contributed by atoms with Crippen LogP contribution in [0.3, 0.4) is 0 Å². The van der Waals surface area contributed by atoms with Crippen LogP contribution >= 0.6 is 11.6 Å². The number of nitrogens with one attached hydrogen (secondary N) is 1. The van der Waals surface area contributed by atoms with Crippen LogP contribution in [0.2, 0.25) is 5.15 Å². The van der Waals surface area contributed by atoms with Crippen LogP contribution in [-0.4, -0.2) is 59.4 Å². The largest absolute Gasteiger partial charge is 0.490 e. The maximum Gasteiger partial charge on any atom is 0.458 e. The summed E-state index contributed by atoms with van der Waals surface area (Å²) in [5.74, 6) is -6.77. The van der Waals surface area contributed by atoms with Gasteiger partial charge in [-0.3, -0.25) is 4.79 Å². The van der Waals surface area contributed by atoms with Gasteiger partial charge in [-0.2, -0.15) is 22.0 Å². The Hall–Kier alpha value is -2.50. The van der Waals surface area contributed by atoms with E-state index >= 15 is 0 Å². The van der Waals surface area contributed by atoms with Gasteiger partial charge in [-0.15, -0.1) is 0 Å². The molecule has 1 fully saturated rings. The number of aliphatic hydroxyl groups is 1. The Morgan fingerprint density at radius 1 is 1.21 bits per heavy atom. The zero-order valence-electron chi connectivity index (χ0n) is 17.2. The predicted molar refractivity (Wildman–Crippen MR) is 111 cm³/mol. The van der Waals surface area contributed by atoms with Crippen molar-refractivity contribution in [2.75, 3.05) is 31.6 Å². The van der Waals surface area contributed by atoms with Gasteiger partial charge in [-0.05, 0) is 50.2 Å². The Balaban J connectivity index is 1.83. The number of alkyl halides is 5. The molecule has 1 unspecified atom stereocenters. The van der Waals surface area contributed by atoms with Crippen LogP contribution in [0.25, 0.3) is 0 Å². The Labute approximate surface area is 191 Å². The number of likely N-dealkylation sites (tertiary alicyclic amines) is 1. The molecule has 6 nitrogen and oxygen atoms in total. The molecule has 0 radical (unpaired) electrons. The van der Waals surface area contributed by atoms with Crippen LogP contribution < -0.4 is 10.1 Å². The number of nitrogens with zero attached hydrogens (tertiary/aromatic N) is 2. The highest BCUT2D eigenvalue weighted by molar-refractivity contribution is 6.33. The fraction of sp³-hybridized carbons (Fsp3) is 0.429. The number of benzene rings is 1. The Kier molecular flexibility index (Phi) is 7.76. The second kappa shape index (κ2) is 10.2. The van der Waals surface area contributed by atoms with Gasteiger partial charge in [0.1, 0.15) is 23.6 Å². The lowest BCUT2D eigenvalue weighted by Crippen LogP contribution is -2.36. The summed E-state index contributed by atoms with van der Waals surface area (Å²) in [7, 11) is 0. The lowest BCUT2D eigenvalue weighted by Gasteiger charge is -2.24. The first-order valence-corrected chi connectivity index (χ1v) is 10.4. The third-order valence-corrected chi connectivity index (χ3v) is 5.34. The molecule has 1 atom stereocenters. The number of carbonyl (C=O) groups excluding carboxylic acids is 1. The van der Waals surface area contributed by atoms with E-state index in [-0.39, 0.29) is 22.9 Å². The zero-order valence-corrected chi connectivity index (χ0v) is 18.0. The molecule has 0 aliphatic carbocycles. The molecule has 1 aromatic carbocycles. The van der Waals surface area contributed by atoms with Gasteiger partial charge < -0.3 is 20.1 Å². The molecule has 2 N–H and O–H groups in total. The molecule has 0 bridgehead atoms. The van der Waals surface area contributed by atoms with Crippen LogP contribution in [0.5, 0.6) is 5.75 Å². The van der Waals surface area contributed by atoms with E-state index < -0.39 is 42.0 Å². The van der Waals surface area contributed by atoms with E-state index in [1.165, 1.54) is 18.3 Å². The maximum absolute atomic E-state index is 14.1. The van der Waals surface area contributed by atoms with Gasteiger partial charge in [0.15, 0.2) is 0 Å². The summed E-state index contributed by atoms with van der Waals surface area (Å²) in [4.78, 5) is 18.1. The second-order valence-electron chi connectivity index (χ2n) is 7.55. The molecular weight excluding hydrogens is 473 g/mol. The molecule has 12 heteroatoms. The van der Waals surface area contributed by atoms with Crippen LogP contribution in [0.4, 0.5) is 27.6 Å². The first kappa shape index (κ1) is 25.1. The monoisotopic (exact) mass is 493 g/mol. The summed E-state index contributed by atoms with van der Waals surface area (Å²) in [6.07, 6.45) is -3.71. The predicted octanol–water partition coefficient (Wildman–Crippen LogP) is 4.48. The lowest BCUT2D eigenvalue weighted by atomic mass is 10.1. The quantitative estimate of drug-likeness (QED) is 0.419. The number of pyridine rings is 1. The highest BCUT2D eigenvalue weighted by Crippen LogP contribution is 2.47. The van der Waals surface area contributed by atoms with E-state index in [0.717, 1.165) is 38.1 Å². The van der Waals surface area contributed by atoms with Gasteiger partial charge in [0.05, 0.1) is 11.1 Å². The fourth-order valence-corrected chi connectivity index (χ4v) is 3.59. The van der Waals surface area contributed by atoms with Crippen molar-refractivity contribution < 1.29 is 36.6 Å². The molecule has 1 aliphatic heterocycles. The second-order valence-corrected chi connectivity index (χ2v) is 7.91. The van der Waals surface area contributed by atoms with E-state index in [1.54, 1.807) is 0 Å². The van der Waals surface area contributed by atoms with Crippen molar-refractivity contribution in [3.05, 3.63) is 52.8 Å². The van der Waals surface area contributed by atoms with E-state index in [9.17, 15) is 31.9 Å². The molecule has 3 rings (SSSR count). The van der Waals surface area contributed by atoms with Gasteiger partial charge in [0.25, 0.3) is 5.91 Å². The Bertz CT molecular complexity index is 984. The Morgan fingerprint density at radius 2 is 1.91 bits per heavy atom. The van der Waals surface area contributed by atoms with Crippen molar-refractivity contribution in [2.45, 2.75) is 31.0 Å². The molecule has 1 amide bonds. The van der Waals surface area contributed by atoms with E-state index in [1.807, 2.05) is 4.90 Å². The number of carbonyl (C=O) groups is 1. The first-order chi connectivity index (χ1) is 15.5. The molecule has 33 heavy (non-hydrogen) atoms. The van der Waals surface area contributed by atoms with E-state index in [2.05, 4.69) is 10.3 Å². The first-order valence-electron chi connectivity index (χ1n) is 10.0. The van der Waals surface area contributed by atoms with Crippen molar-refractivity contribution in [1.29, 1.82) is 0 Å². The van der Waals surface area contributed by atoms with Crippen molar-refractivity contribution in [2.24, 2.45) is 0 Å². The number of hydrogen-bond acceptors (Lipinski definition) is 5.